The van der Waals surface area contributed by atoms with Gasteiger partial charge in [0.25, 0.3) is 0 Å². The number of esters is 1. The first-order valence-corrected chi connectivity index (χ1v) is 11.2. The molecule has 3 rings (SSSR count). The fourth-order valence-corrected chi connectivity index (χ4v) is 4.12. The van der Waals surface area contributed by atoms with Crippen molar-refractivity contribution in [3.05, 3.63) is 108 Å². The van der Waals surface area contributed by atoms with Gasteiger partial charge in [-0.15, -0.1) is 11.8 Å². The second-order valence-corrected chi connectivity index (χ2v) is 7.86. The maximum atomic E-state index is 12.5. The number of carbonyl (C=O) groups excluding carboxylic acids is 2. The van der Waals surface area contributed by atoms with Crippen LogP contribution in [0.25, 0.3) is 6.08 Å². The van der Waals surface area contributed by atoms with Crippen molar-refractivity contribution in [2.75, 3.05) is 17.7 Å². The lowest BCUT2D eigenvalue weighted by Gasteiger charge is -2.17. The Labute approximate surface area is 187 Å². The monoisotopic (exact) mass is 431 g/mol. The van der Waals surface area contributed by atoms with Crippen LogP contribution in [0, 0.1) is 0 Å². The maximum Gasteiger partial charge on any atom is 0.330 e. The van der Waals surface area contributed by atoms with E-state index in [0.29, 0.717) is 12.4 Å². The van der Waals surface area contributed by atoms with Gasteiger partial charge in [-0.2, -0.15) is 0 Å². The van der Waals surface area contributed by atoms with Crippen molar-refractivity contribution in [1.29, 1.82) is 0 Å². The largest absolute Gasteiger partial charge is 0.463 e. The quantitative estimate of drug-likeness (QED) is 0.348. The normalized spacial score (nSPS) is 10.9. The lowest BCUT2D eigenvalue weighted by atomic mass is 10.0. The van der Waals surface area contributed by atoms with Crippen molar-refractivity contribution in [3.63, 3.8) is 0 Å². The molecule has 0 aliphatic heterocycles. The summed E-state index contributed by atoms with van der Waals surface area (Å²) in [6.07, 6.45) is 3.07. The van der Waals surface area contributed by atoms with E-state index < -0.39 is 0 Å². The number of thioether (sulfide) groups is 1. The fourth-order valence-electron chi connectivity index (χ4n) is 3.03. The van der Waals surface area contributed by atoms with Crippen LogP contribution in [0.3, 0.4) is 0 Å². The topological polar surface area (TPSA) is 55.4 Å². The van der Waals surface area contributed by atoms with Gasteiger partial charge in [-0.25, -0.2) is 4.79 Å². The van der Waals surface area contributed by atoms with Crippen LogP contribution in [0.15, 0.2) is 91.0 Å². The highest BCUT2D eigenvalue weighted by atomic mass is 32.2. The molecule has 0 spiro atoms. The van der Waals surface area contributed by atoms with E-state index in [0.717, 1.165) is 11.3 Å². The average molecular weight is 432 g/mol. The van der Waals surface area contributed by atoms with Crippen LogP contribution < -0.4 is 5.32 Å². The third-order valence-corrected chi connectivity index (χ3v) is 5.79. The van der Waals surface area contributed by atoms with Gasteiger partial charge >= 0.3 is 5.97 Å². The summed E-state index contributed by atoms with van der Waals surface area (Å²) in [5.74, 6) is -0.0983. The Morgan fingerprint density at radius 3 is 2.03 bits per heavy atom. The molecule has 0 heterocycles. The summed E-state index contributed by atoms with van der Waals surface area (Å²) < 4.78 is 4.86. The van der Waals surface area contributed by atoms with Crippen LogP contribution in [0.1, 0.15) is 28.9 Å². The Balaban J connectivity index is 1.59. The number of hydrogen-bond acceptors (Lipinski definition) is 4. The van der Waals surface area contributed by atoms with Crippen molar-refractivity contribution in [3.8, 4) is 0 Å². The van der Waals surface area contributed by atoms with Gasteiger partial charge in [-0.1, -0.05) is 72.8 Å². The first-order chi connectivity index (χ1) is 15.2. The molecule has 1 amide bonds. The number of anilines is 1. The van der Waals surface area contributed by atoms with Crippen LogP contribution in [0.4, 0.5) is 5.69 Å². The molecule has 0 saturated carbocycles. The minimum Gasteiger partial charge on any atom is -0.463 e. The van der Waals surface area contributed by atoms with Gasteiger partial charge in [0.15, 0.2) is 0 Å². The molecular formula is C26H25NO3S. The molecule has 0 fully saturated rings. The van der Waals surface area contributed by atoms with E-state index in [4.69, 9.17) is 4.74 Å². The molecule has 0 aromatic heterocycles. The predicted molar refractivity (Wildman–Crippen MR) is 128 cm³/mol. The summed E-state index contributed by atoms with van der Waals surface area (Å²) in [6, 6.07) is 27.7. The van der Waals surface area contributed by atoms with E-state index in [2.05, 4.69) is 29.6 Å². The number of benzene rings is 3. The first kappa shape index (κ1) is 22.4. The predicted octanol–water partition coefficient (Wildman–Crippen LogP) is 5.72. The zero-order valence-electron chi connectivity index (χ0n) is 17.4. The highest BCUT2D eigenvalue weighted by Gasteiger charge is 2.16. The van der Waals surface area contributed by atoms with Gasteiger partial charge in [-0.3, -0.25) is 4.79 Å². The molecule has 5 heteroatoms. The Bertz CT molecular complexity index is 962. The third kappa shape index (κ3) is 7.15. The smallest absolute Gasteiger partial charge is 0.330 e. The van der Waals surface area contributed by atoms with Gasteiger partial charge in [0.1, 0.15) is 0 Å². The van der Waals surface area contributed by atoms with Gasteiger partial charge in [-0.05, 0) is 41.8 Å². The molecule has 1 N–H and O–H groups in total. The molecule has 4 nitrogen and oxygen atoms in total. The molecule has 31 heavy (non-hydrogen) atoms. The minimum absolute atomic E-state index is 0.0586. The molecule has 0 saturated heterocycles. The lowest BCUT2D eigenvalue weighted by Crippen LogP contribution is -2.15. The van der Waals surface area contributed by atoms with Crippen LogP contribution in [-0.2, 0) is 14.3 Å². The molecule has 0 aliphatic carbocycles. The van der Waals surface area contributed by atoms with Gasteiger partial charge < -0.3 is 10.1 Å². The van der Waals surface area contributed by atoms with Crippen LogP contribution in [0.2, 0.25) is 0 Å². The summed E-state index contributed by atoms with van der Waals surface area (Å²) in [5, 5.41) is 3.02. The van der Waals surface area contributed by atoms with Crippen LogP contribution in [0.5, 0.6) is 0 Å². The fraction of sp³-hybridized carbons (Fsp3) is 0.154. The van der Waals surface area contributed by atoms with Gasteiger partial charge in [0.2, 0.25) is 5.91 Å². The molecular weight excluding hydrogens is 406 g/mol. The van der Waals surface area contributed by atoms with E-state index in [1.165, 1.54) is 17.2 Å². The summed E-state index contributed by atoms with van der Waals surface area (Å²) in [7, 11) is 0. The number of nitrogens with one attached hydrogen (secondary N) is 1. The van der Waals surface area contributed by atoms with Crippen LogP contribution in [-0.4, -0.2) is 24.2 Å². The van der Waals surface area contributed by atoms with Crippen molar-refractivity contribution in [2.24, 2.45) is 0 Å². The highest BCUT2D eigenvalue weighted by molar-refractivity contribution is 8.00. The summed E-state index contributed by atoms with van der Waals surface area (Å²) in [5.41, 5.74) is 3.91. The zero-order chi connectivity index (χ0) is 21.9. The lowest BCUT2D eigenvalue weighted by molar-refractivity contribution is -0.137. The van der Waals surface area contributed by atoms with Crippen molar-refractivity contribution in [1.82, 2.24) is 0 Å². The Morgan fingerprint density at radius 1 is 0.903 bits per heavy atom. The van der Waals surface area contributed by atoms with Crippen molar-refractivity contribution < 1.29 is 14.3 Å². The highest BCUT2D eigenvalue weighted by Crippen LogP contribution is 2.35. The Hall–Kier alpha value is -3.31. The number of amides is 1. The Kier molecular flexibility index (Phi) is 8.49. The molecule has 0 aliphatic rings. The number of rotatable bonds is 9. The molecule has 0 radical (unpaired) electrons. The van der Waals surface area contributed by atoms with E-state index in [-0.39, 0.29) is 17.1 Å². The minimum atomic E-state index is -0.372. The SMILES string of the molecule is CCOC(=O)/C=C/c1ccc(NC(=O)CSC(c2ccccc2)c2ccccc2)cc1. The standard InChI is InChI=1S/C26H25NO3S/c1-2-30-25(29)18-15-20-13-16-23(17-14-20)27-24(28)19-31-26(21-9-5-3-6-10-21)22-11-7-4-8-12-22/h3-18,26H,2,19H2,1H3,(H,27,28)/b18-15+. The van der Waals surface area contributed by atoms with E-state index in [9.17, 15) is 9.59 Å². The second kappa shape index (κ2) is 11.8. The average Bonchev–Trinajstić information content (AvgIpc) is 2.80. The van der Waals surface area contributed by atoms with Crippen molar-refractivity contribution in [2.45, 2.75) is 12.2 Å². The first-order valence-electron chi connectivity index (χ1n) is 10.1. The van der Waals surface area contributed by atoms with E-state index in [1.54, 1.807) is 24.8 Å². The third-order valence-electron chi connectivity index (χ3n) is 4.48. The molecule has 158 valence electrons. The molecule has 0 bridgehead atoms. The number of hydrogen-bond donors (Lipinski definition) is 1. The zero-order valence-corrected chi connectivity index (χ0v) is 18.2. The van der Waals surface area contributed by atoms with E-state index >= 15 is 0 Å². The maximum absolute atomic E-state index is 12.5. The summed E-state index contributed by atoms with van der Waals surface area (Å²) in [6.45, 7) is 2.12. The molecule has 3 aromatic rings. The van der Waals surface area contributed by atoms with Gasteiger partial charge in [0.05, 0.1) is 17.6 Å². The van der Waals surface area contributed by atoms with Gasteiger partial charge in [0, 0.05) is 11.8 Å². The Morgan fingerprint density at radius 2 is 1.48 bits per heavy atom. The molecule has 0 atom stereocenters. The molecule has 0 unspecified atom stereocenters. The van der Waals surface area contributed by atoms with Crippen LogP contribution >= 0.6 is 11.8 Å². The second-order valence-electron chi connectivity index (χ2n) is 6.77. The summed E-state index contributed by atoms with van der Waals surface area (Å²) >= 11 is 1.60. The van der Waals surface area contributed by atoms with Crippen molar-refractivity contribution >= 4 is 35.4 Å². The summed E-state index contributed by atoms with van der Waals surface area (Å²) in [4.78, 5) is 23.9. The molecule has 3 aromatic carbocycles. The number of carbonyl (C=O) groups is 2. The van der Waals surface area contributed by atoms with E-state index in [1.807, 2.05) is 60.7 Å². The number of ether oxygens (including phenoxy) is 1.